The van der Waals surface area contributed by atoms with Crippen LogP contribution in [-0.2, 0) is 0 Å². The van der Waals surface area contributed by atoms with E-state index in [1.165, 1.54) is 84.0 Å². The van der Waals surface area contributed by atoms with Crippen molar-refractivity contribution in [3.05, 3.63) is 0 Å². The van der Waals surface area contributed by atoms with Gasteiger partial charge in [0.2, 0.25) is 0 Å². The third-order valence-electron chi connectivity index (χ3n) is 5.43. The molecule has 0 spiro atoms. The predicted octanol–water partition coefficient (Wildman–Crippen LogP) is 2.13. The van der Waals surface area contributed by atoms with Crippen molar-refractivity contribution in [2.75, 3.05) is 26.2 Å². The molecule has 2 aliphatic heterocycles. The standard InChI is InChI=1S/C16H31N3/c1-2-4-14(5-3-1)18-15-8-12-19(13-9-15)16-6-10-17-11-7-16/h14-18H,1-13H2. The van der Waals surface area contributed by atoms with E-state index in [4.69, 9.17) is 0 Å². The Balaban J connectivity index is 1.38. The van der Waals surface area contributed by atoms with E-state index in [0.717, 1.165) is 18.1 Å². The van der Waals surface area contributed by atoms with Crippen LogP contribution in [0.15, 0.2) is 0 Å². The van der Waals surface area contributed by atoms with Gasteiger partial charge in [-0.15, -0.1) is 0 Å². The molecule has 1 saturated carbocycles. The molecular weight excluding hydrogens is 234 g/mol. The van der Waals surface area contributed by atoms with Gasteiger partial charge in [-0.3, -0.25) is 0 Å². The number of rotatable bonds is 3. The smallest absolute Gasteiger partial charge is 0.0119 e. The molecule has 0 aromatic heterocycles. The summed E-state index contributed by atoms with van der Waals surface area (Å²) in [5, 5.41) is 7.42. The Morgan fingerprint density at radius 2 is 1.37 bits per heavy atom. The largest absolute Gasteiger partial charge is 0.317 e. The van der Waals surface area contributed by atoms with Gasteiger partial charge in [0, 0.05) is 18.1 Å². The molecule has 3 nitrogen and oxygen atoms in total. The van der Waals surface area contributed by atoms with Crippen LogP contribution in [0.2, 0.25) is 0 Å². The maximum atomic E-state index is 3.94. The lowest BCUT2D eigenvalue weighted by Crippen LogP contribution is -2.51. The van der Waals surface area contributed by atoms with Gasteiger partial charge < -0.3 is 15.5 Å². The Morgan fingerprint density at radius 1 is 0.737 bits per heavy atom. The van der Waals surface area contributed by atoms with Gasteiger partial charge in [0.15, 0.2) is 0 Å². The van der Waals surface area contributed by atoms with Crippen molar-refractivity contribution in [1.29, 1.82) is 0 Å². The van der Waals surface area contributed by atoms with Crippen molar-refractivity contribution in [2.45, 2.75) is 75.9 Å². The highest BCUT2D eigenvalue weighted by atomic mass is 15.2. The first-order valence-corrected chi connectivity index (χ1v) is 8.62. The minimum absolute atomic E-state index is 0.807. The molecule has 2 saturated heterocycles. The van der Waals surface area contributed by atoms with Gasteiger partial charge in [-0.2, -0.15) is 0 Å². The second kappa shape index (κ2) is 7.05. The number of nitrogens with one attached hydrogen (secondary N) is 2. The first-order valence-electron chi connectivity index (χ1n) is 8.62. The Bertz CT molecular complexity index is 249. The molecule has 3 rings (SSSR count). The van der Waals surface area contributed by atoms with Gasteiger partial charge in [0.25, 0.3) is 0 Å². The minimum atomic E-state index is 0.807. The highest BCUT2D eigenvalue weighted by Crippen LogP contribution is 2.22. The van der Waals surface area contributed by atoms with Crippen LogP contribution in [0.3, 0.4) is 0 Å². The summed E-state index contributed by atoms with van der Waals surface area (Å²) in [6.45, 7) is 5.11. The summed E-state index contributed by atoms with van der Waals surface area (Å²) in [6, 6.07) is 2.52. The molecule has 0 aromatic carbocycles. The van der Waals surface area contributed by atoms with Gasteiger partial charge in [-0.05, 0) is 64.7 Å². The van der Waals surface area contributed by atoms with Crippen LogP contribution >= 0.6 is 0 Å². The van der Waals surface area contributed by atoms with Crippen molar-refractivity contribution in [2.24, 2.45) is 0 Å². The number of nitrogens with zero attached hydrogens (tertiary/aromatic N) is 1. The molecule has 2 heterocycles. The van der Waals surface area contributed by atoms with Crippen molar-refractivity contribution in [3.63, 3.8) is 0 Å². The maximum Gasteiger partial charge on any atom is 0.0119 e. The Hall–Kier alpha value is -0.120. The summed E-state index contributed by atoms with van der Waals surface area (Å²) in [7, 11) is 0. The molecule has 3 heteroatoms. The average molecular weight is 265 g/mol. The van der Waals surface area contributed by atoms with Crippen LogP contribution in [0.25, 0.3) is 0 Å². The highest BCUT2D eigenvalue weighted by Gasteiger charge is 2.27. The number of piperidine rings is 2. The number of hydrogen-bond acceptors (Lipinski definition) is 3. The van der Waals surface area contributed by atoms with Crippen LogP contribution in [0.5, 0.6) is 0 Å². The van der Waals surface area contributed by atoms with E-state index in [-0.39, 0.29) is 0 Å². The van der Waals surface area contributed by atoms with Crippen LogP contribution in [0.4, 0.5) is 0 Å². The van der Waals surface area contributed by atoms with Crippen LogP contribution in [-0.4, -0.2) is 49.2 Å². The van der Waals surface area contributed by atoms with Crippen molar-refractivity contribution < 1.29 is 0 Å². The lowest BCUT2D eigenvalue weighted by Gasteiger charge is -2.40. The monoisotopic (exact) mass is 265 g/mol. The summed E-state index contributed by atoms with van der Waals surface area (Å²) in [5.41, 5.74) is 0. The van der Waals surface area contributed by atoms with E-state index in [9.17, 15) is 0 Å². The number of likely N-dealkylation sites (tertiary alicyclic amines) is 1. The lowest BCUT2D eigenvalue weighted by atomic mass is 9.93. The molecule has 19 heavy (non-hydrogen) atoms. The summed E-state index contributed by atoms with van der Waals surface area (Å²) in [5.74, 6) is 0. The minimum Gasteiger partial charge on any atom is -0.317 e. The van der Waals surface area contributed by atoms with Gasteiger partial charge >= 0.3 is 0 Å². The van der Waals surface area contributed by atoms with Gasteiger partial charge in [0.05, 0.1) is 0 Å². The van der Waals surface area contributed by atoms with Crippen molar-refractivity contribution in [3.8, 4) is 0 Å². The molecule has 0 unspecified atom stereocenters. The molecular formula is C16H31N3. The first-order chi connectivity index (χ1) is 9.42. The molecule has 0 bridgehead atoms. The average Bonchev–Trinajstić information content (AvgIpc) is 2.50. The molecule has 2 N–H and O–H groups in total. The topological polar surface area (TPSA) is 27.3 Å². The number of hydrogen-bond donors (Lipinski definition) is 2. The summed E-state index contributed by atoms with van der Waals surface area (Å²) < 4.78 is 0. The van der Waals surface area contributed by atoms with Crippen LogP contribution in [0, 0.1) is 0 Å². The van der Waals surface area contributed by atoms with E-state index >= 15 is 0 Å². The zero-order chi connectivity index (χ0) is 12.9. The highest BCUT2D eigenvalue weighted by molar-refractivity contribution is 4.86. The van der Waals surface area contributed by atoms with Gasteiger partial charge in [0.1, 0.15) is 0 Å². The first kappa shape index (κ1) is 13.8. The van der Waals surface area contributed by atoms with E-state index in [0.29, 0.717) is 0 Å². The summed E-state index contributed by atoms with van der Waals surface area (Å²) in [6.07, 6.45) is 12.7. The quantitative estimate of drug-likeness (QED) is 0.818. The Morgan fingerprint density at radius 3 is 2.05 bits per heavy atom. The van der Waals surface area contributed by atoms with Gasteiger partial charge in [-0.25, -0.2) is 0 Å². The van der Waals surface area contributed by atoms with Crippen LogP contribution in [0.1, 0.15) is 57.8 Å². The SMILES string of the molecule is C1CCC(NC2CCN(C3CCNCC3)CC2)CC1. The van der Waals surface area contributed by atoms with Crippen molar-refractivity contribution in [1.82, 2.24) is 15.5 Å². The zero-order valence-electron chi connectivity index (χ0n) is 12.4. The fourth-order valence-corrected chi connectivity index (χ4v) is 4.21. The second-order valence-corrected chi connectivity index (χ2v) is 6.79. The Kier molecular flexibility index (Phi) is 5.14. The summed E-state index contributed by atoms with van der Waals surface area (Å²) in [4.78, 5) is 2.76. The Labute approximate surface area is 118 Å². The zero-order valence-corrected chi connectivity index (χ0v) is 12.4. The molecule has 1 aliphatic carbocycles. The predicted molar refractivity (Wildman–Crippen MR) is 80.5 cm³/mol. The fraction of sp³-hybridized carbons (Fsp3) is 1.00. The third kappa shape index (κ3) is 3.93. The second-order valence-electron chi connectivity index (χ2n) is 6.79. The van der Waals surface area contributed by atoms with Crippen LogP contribution < -0.4 is 10.6 Å². The molecule has 0 radical (unpaired) electrons. The third-order valence-corrected chi connectivity index (χ3v) is 5.43. The maximum absolute atomic E-state index is 3.94. The summed E-state index contributed by atoms with van der Waals surface area (Å²) >= 11 is 0. The molecule has 3 fully saturated rings. The van der Waals surface area contributed by atoms with E-state index < -0.39 is 0 Å². The van der Waals surface area contributed by atoms with E-state index in [1.807, 2.05) is 0 Å². The molecule has 0 amide bonds. The fourth-order valence-electron chi connectivity index (χ4n) is 4.21. The van der Waals surface area contributed by atoms with Crippen molar-refractivity contribution >= 4 is 0 Å². The van der Waals surface area contributed by atoms with E-state index in [2.05, 4.69) is 15.5 Å². The van der Waals surface area contributed by atoms with E-state index in [1.54, 1.807) is 0 Å². The molecule has 110 valence electrons. The molecule has 3 aliphatic rings. The van der Waals surface area contributed by atoms with Gasteiger partial charge in [-0.1, -0.05) is 19.3 Å². The molecule has 0 aromatic rings. The lowest BCUT2D eigenvalue weighted by molar-refractivity contribution is 0.115. The molecule has 0 atom stereocenters. The normalized spacial score (nSPS) is 29.7.